The third-order valence-electron chi connectivity index (χ3n) is 3.58. The molecule has 1 aromatic heterocycles. The maximum Gasteiger partial charge on any atom is 0.261 e. The second-order valence-electron chi connectivity index (χ2n) is 5.45. The van der Waals surface area contributed by atoms with Crippen LogP contribution >= 0.6 is 11.6 Å². The van der Waals surface area contributed by atoms with Gasteiger partial charge in [0.2, 0.25) is 0 Å². The normalized spacial score (nSPS) is 11.3. The van der Waals surface area contributed by atoms with Crippen LogP contribution in [0.3, 0.4) is 0 Å². The molecule has 1 aromatic carbocycles. The minimum atomic E-state index is -0.492. The van der Waals surface area contributed by atoms with Crippen molar-refractivity contribution in [2.75, 3.05) is 20.3 Å². The number of aromatic nitrogens is 2. The Morgan fingerprint density at radius 2 is 2.15 bits per heavy atom. The van der Waals surface area contributed by atoms with Crippen molar-refractivity contribution in [3.63, 3.8) is 0 Å². The number of aryl methyl sites for hydroxylation is 1. The number of methoxy groups -OCH3 is 1. The molecular weight excluding hydrogens is 359 g/mol. The molecule has 0 radical (unpaired) electrons. The van der Waals surface area contributed by atoms with E-state index in [1.807, 2.05) is 6.07 Å². The summed E-state index contributed by atoms with van der Waals surface area (Å²) < 4.78 is 19.4. The van der Waals surface area contributed by atoms with Crippen molar-refractivity contribution in [3.8, 4) is 11.8 Å². The summed E-state index contributed by atoms with van der Waals surface area (Å²) >= 11 is 6.36. The third-order valence-corrected chi connectivity index (χ3v) is 3.95. The number of nitrogens with one attached hydrogen (secondary N) is 1. The summed E-state index contributed by atoms with van der Waals surface area (Å²) in [6, 6.07) is 7.54. The van der Waals surface area contributed by atoms with Gasteiger partial charge in [-0.15, -0.1) is 0 Å². The van der Waals surface area contributed by atoms with Gasteiger partial charge in [0.05, 0.1) is 11.4 Å². The topological polar surface area (TPSA) is 79.9 Å². The van der Waals surface area contributed by atoms with Gasteiger partial charge >= 0.3 is 0 Å². The Labute approximate surface area is 155 Å². The molecule has 0 spiro atoms. The van der Waals surface area contributed by atoms with Crippen LogP contribution in [0.5, 0.6) is 0 Å². The zero-order chi connectivity index (χ0) is 19.1. The third kappa shape index (κ3) is 4.69. The van der Waals surface area contributed by atoms with Crippen molar-refractivity contribution in [3.05, 3.63) is 52.1 Å². The van der Waals surface area contributed by atoms with Gasteiger partial charge in [-0.2, -0.15) is 10.4 Å². The van der Waals surface area contributed by atoms with Crippen molar-refractivity contribution in [1.82, 2.24) is 15.1 Å². The lowest BCUT2D eigenvalue weighted by Gasteiger charge is -2.04. The summed E-state index contributed by atoms with van der Waals surface area (Å²) in [5.74, 6) is -0.862. The molecule has 2 aromatic rings. The molecule has 8 heteroatoms. The van der Waals surface area contributed by atoms with Gasteiger partial charge in [-0.3, -0.25) is 4.79 Å². The van der Waals surface area contributed by atoms with E-state index in [0.717, 1.165) is 0 Å². The highest BCUT2D eigenvalue weighted by Crippen LogP contribution is 2.25. The number of nitriles is 1. The molecule has 0 bridgehead atoms. The minimum absolute atomic E-state index is 0.0777. The van der Waals surface area contributed by atoms with E-state index in [4.69, 9.17) is 16.3 Å². The van der Waals surface area contributed by atoms with Gasteiger partial charge in [0.25, 0.3) is 5.91 Å². The molecule has 0 fully saturated rings. The summed E-state index contributed by atoms with van der Waals surface area (Å²) in [7, 11) is 1.58. The Morgan fingerprint density at radius 1 is 1.46 bits per heavy atom. The van der Waals surface area contributed by atoms with E-state index in [-0.39, 0.29) is 16.5 Å². The quantitative estimate of drug-likeness (QED) is 0.457. The molecule has 6 nitrogen and oxygen atoms in total. The number of ether oxygens (including phenoxy) is 1. The average molecular weight is 377 g/mol. The zero-order valence-corrected chi connectivity index (χ0v) is 15.2. The second kappa shape index (κ2) is 9.13. The van der Waals surface area contributed by atoms with Gasteiger partial charge in [0, 0.05) is 25.8 Å². The first kappa shape index (κ1) is 19.6. The van der Waals surface area contributed by atoms with Crippen molar-refractivity contribution >= 4 is 23.6 Å². The molecule has 136 valence electrons. The van der Waals surface area contributed by atoms with Gasteiger partial charge in [-0.05, 0) is 43.7 Å². The maximum absolute atomic E-state index is 13.1. The van der Waals surface area contributed by atoms with Crippen LogP contribution in [-0.4, -0.2) is 35.9 Å². The maximum atomic E-state index is 13.1. The van der Waals surface area contributed by atoms with E-state index in [1.54, 1.807) is 14.0 Å². The highest BCUT2D eigenvalue weighted by Gasteiger charge is 2.16. The molecule has 0 unspecified atom stereocenters. The van der Waals surface area contributed by atoms with Crippen molar-refractivity contribution in [2.45, 2.75) is 13.3 Å². The van der Waals surface area contributed by atoms with E-state index in [1.165, 1.54) is 35.0 Å². The molecule has 0 atom stereocenters. The Hall–Kier alpha value is -2.69. The fourth-order valence-electron chi connectivity index (χ4n) is 2.24. The lowest BCUT2D eigenvalue weighted by molar-refractivity contribution is -0.117. The fraction of sp³-hybridized carbons (Fsp3) is 0.278. The molecule has 1 amide bonds. The van der Waals surface area contributed by atoms with Crippen LogP contribution in [0.4, 0.5) is 4.39 Å². The molecule has 2 rings (SSSR count). The standard InChI is InChI=1S/C18H18ClFN4O2/c1-12-16(10-13(11-21)18(25)22-8-3-9-26-2)17(19)24(23-12)15-6-4-14(20)5-7-15/h4-7,10H,3,8-9H2,1-2H3,(H,22,25)/b13-10+. The summed E-state index contributed by atoms with van der Waals surface area (Å²) in [5, 5.41) is 16.5. The number of benzene rings is 1. The first-order valence-electron chi connectivity index (χ1n) is 7.88. The molecule has 0 saturated heterocycles. The van der Waals surface area contributed by atoms with Crippen molar-refractivity contribution < 1.29 is 13.9 Å². The molecule has 0 aliphatic rings. The molecule has 26 heavy (non-hydrogen) atoms. The number of carbonyl (C=O) groups excluding carboxylic acids is 1. The first-order chi connectivity index (χ1) is 12.5. The fourth-order valence-corrected chi connectivity index (χ4v) is 2.56. The van der Waals surface area contributed by atoms with Crippen LogP contribution in [-0.2, 0) is 9.53 Å². The van der Waals surface area contributed by atoms with Crippen LogP contribution in [0.2, 0.25) is 5.15 Å². The van der Waals surface area contributed by atoms with Gasteiger partial charge in [0.15, 0.2) is 0 Å². The molecule has 0 aliphatic heterocycles. The monoisotopic (exact) mass is 376 g/mol. The molecule has 0 aliphatic carbocycles. The predicted octanol–water partition coefficient (Wildman–Crippen LogP) is 3.03. The van der Waals surface area contributed by atoms with Crippen LogP contribution in [0, 0.1) is 24.1 Å². The number of nitrogens with zero attached hydrogens (tertiary/aromatic N) is 3. The Kier molecular flexibility index (Phi) is 6.89. The number of hydrogen-bond acceptors (Lipinski definition) is 4. The van der Waals surface area contributed by atoms with E-state index >= 15 is 0 Å². The molecular formula is C18H18ClFN4O2. The molecule has 1 N–H and O–H groups in total. The minimum Gasteiger partial charge on any atom is -0.385 e. The van der Waals surface area contributed by atoms with Crippen LogP contribution in [0.25, 0.3) is 11.8 Å². The smallest absolute Gasteiger partial charge is 0.261 e. The number of rotatable bonds is 7. The number of hydrogen-bond donors (Lipinski definition) is 1. The summed E-state index contributed by atoms with van der Waals surface area (Å²) in [4.78, 5) is 12.1. The van der Waals surface area contributed by atoms with Crippen molar-refractivity contribution in [1.29, 1.82) is 5.26 Å². The lowest BCUT2D eigenvalue weighted by atomic mass is 10.1. The van der Waals surface area contributed by atoms with Gasteiger partial charge in [-0.1, -0.05) is 11.6 Å². The highest BCUT2D eigenvalue weighted by molar-refractivity contribution is 6.31. The summed E-state index contributed by atoms with van der Waals surface area (Å²) in [6.07, 6.45) is 2.04. The predicted molar refractivity (Wildman–Crippen MR) is 96.4 cm³/mol. The number of halogens is 2. The average Bonchev–Trinajstić information content (AvgIpc) is 2.91. The summed E-state index contributed by atoms with van der Waals surface area (Å²) in [5.41, 5.74) is 1.49. The second-order valence-corrected chi connectivity index (χ2v) is 5.81. The van der Waals surface area contributed by atoms with Gasteiger partial charge < -0.3 is 10.1 Å². The first-order valence-corrected chi connectivity index (χ1v) is 8.25. The Morgan fingerprint density at radius 3 is 2.77 bits per heavy atom. The van der Waals surface area contributed by atoms with E-state index in [9.17, 15) is 14.4 Å². The van der Waals surface area contributed by atoms with Crippen molar-refractivity contribution in [2.24, 2.45) is 0 Å². The van der Waals surface area contributed by atoms with Gasteiger partial charge in [-0.25, -0.2) is 9.07 Å². The van der Waals surface area contributed by atoms with Crippen LogP contribution in [0.1, 0.15) is 17.7 Å². The SMILES string of the molecule is COCCCNC(=O)/C(C#N)=C/c1c(C)nn(-c2ccc(F)cc2)c1Cl. The zero-order valence-electron chi connectivity index (χ0n) is 14.4. The number of carbonyl (C=O) groups is 1. The Bertz CT molecular complexity index is 853. The lowest BCUT2D eigenvalue weighted by Crippen LogP contribution is -2.26. The van der Waals surface area contributed by atoms with Crippen LogP contribution < -0.4 is 5.32 Å². The number of amides is 1. The van der Waals surface area contributed by atoms with Gasteiger partial charge in [0.1, 0.15) is 22.6 Å². The molecule has 1 heterocycles. The largest absolute Gasteiger partial charge is 0.385 e. The summed E-state index contributed by atoms with van der Waals surface area (Å²) in [6.45, 7) is 2.62. The van der Waals surface area contributed by atoms with Crippen LogP contribution in [0.15, 0.2) is 29.8 Å². The highest BCUT2D eigenvalue weighted by atomic mass is 35.5. The van der Waals surface area contributed by atoms with E-state index in [0.29, 0.717) is 36.5 Å². The Balaban J connectivity index is 2.27. The molecule has 0 saturated carbocycles. The van der Waals surface area contributed by atoms with E-state index in [2.05, 4.69) is 10.4 Å². The van der Waals surface area contributed by atoms with E-state index < -0.39 is 5.91 Å².